The Morgan fingerprint density at radius 1 is 1.03 bits per heavy atom. The lowest BCUT2D eigenvalue weighted by Gasteiger charge is -2.60. The molecule has 0 aromatic carbocycles. The van der Waals surface area contributed by atoms with Gasteiger partial charge in [-0.05, 0) is 75.2 Å². The van der Waals surface area contributed by atoms with Crippen molar-refractivity contribution in [3.05, 3.63) is 24.8 Å². The highest BCUT2D eigenvalue weighted by atomic mass is 16.5. The lowest BCUT2D eigenvalue weighted by Crippen LogP contribution is -2.64. The second kappa shape index (κ2) is 14.4. The number of aliphatic hydroxyl groups is 3. The predicted octanol–water partition coefficient (Wildman–Crippen LogP) is 5.80. The van der Waals surface area contributed by atoms with Gasteiger partial charge in [-0.1, -0.05) is 84.0 Å². The molecule has 4 heteroatoms. The SMILES string of the molecule is C=C[C@@H](O)C#CC#C[C@H](/C=C\CCCCCCC)O[C@]1(C)CC[C@@H](O)[C@]2(C)CC[C@@H](C(C)C)[C@@H](O)[C@H]21. The summed E-state index contributed by atoms with van der Waals surface area (Å²) >= 11 is 0. The van der Waals surface area contributed by atoms with Gasteiger partial charge in [0.1, 0.15) is 12.2 Å². The maximum atomic E-state index is 11.6. The van der Waals surface area contributed by atoms with Crippen LogP contribution < -0.4 is 0 Å². The van der Waals surface area contributed by atoms with E-state index in [9.17, 15) is 15.3 Å². The van der Waals surface area contributed by atoms with Gasteiger partial charge in [0.15, 0.2) is 0 Å². The molecule has 0 aromatic rings. The normalized spacial score (nSPS) is 33.7. The summed E-state index contributed by atoms with van der Waals surface area (Å²) in [5, 5.41) is 32.2. The van der Waals surface area contributed by atoms with Gasteiger partial charge in [0.05, 0.1) is 17.8 Å². The van der Waals surface area contributed by atoms with E-state index in [0.717, 1.165) is 25.7 Å². The van der Waals surface area contributed by atoms with Gasteiger partial charge >= 0.3 is 0 Å². The van der Waals surface area contributed by atoms with E-state index in [2.05, 4.69) is 71.0 Å². The number of rotatable bonds is 11. The molecule has 36 heavy (non-hydrogen) atoms. The molecule has 0 bridgehead atoms. The molecule has 0 unspecified atom stereocenters. The molecule has 2 rings (SSSR count). The zero-order chi connectivity index (χ0) is 26.8. The van der Waals surface area contributed by atoms with Crippen molar-refractivity contribution >= 4 is 0 Å². The molecule has 2 saturated carbocycles. The zero-order valence-electron chi connectivity index (χ0n) is 23.3. The standard InChI is InChI=1S/C32H50O4/c1-7-9-10-11-12-13-14-18-26(19-16-15-17-25(33)8-2)36-32(6)23-21-28(34)31(5)22-20-27(24(3)4)29(35)30(31)32/h8,14,18,24-30,33-35H,2,7,9-13,20-23H2,1,3-6H3/b18-14-/t25-,26+,27+,28-,29-,30-,31+,32-/m1/s1. The van der Waals surface area contributed by atoms with Crippen molar-refractivity contribution in [3.8, 4) is 23.7 Å². The molecule has 202 valence electrons. The van der Waals surface area contributed by atoms with E-state index in [1.165, 1.54) is 31.8 Å². The van der Waals surface area contributed by atoms with Gasteiger partial charge < -0.3 is 20.1 Å². The first-order valence-electron chi connectivity index (χ1n) is 14.1. The van der Waals surface area contributed by atoms with Gasteiger partial charge in [-0.25, -0.2) is 0 Å². The van der Waals surface area contributed by atoms with Crippen molar-refractivity contribution in [2.24, 2.45) is 23.2 Å². The van der Waals surface area contributed by atoms with Crippen LogP contribution in [0, 0.1) is 46.9 Å². The van der Waals surface area contributed by atoms with Crippen molar-refractivity contribution in [2.45, 2.75) is 129 Å². The lowest BCUT2D eigenvalue weighted by atomic mass is 9.50. The monoisotopic (exact) mass is 498 g/mol. The van der Waals surface area contributed by atoms with Crippen LogP contribution in [0.15, 0.2) is 24.8 Å². The molecule has 0 aliphatic heterocycles. The zero-order valence-corrected chi connectivity index (χ0v) is 23.3. The second-order valence-electron chi connectivity index (χ2n) is 11.7. The van der Waals surface area contributed by atoms with Crippen molar-refractivity contribution in [2.75, 3.05) is 0 Å². The summed E-state index contributed by atoms with van der Waals surface area (Å²) in [6, 6.07) is 0. The van der Waals surface area contributed by atoms with E-state index in [1.807, 2.05) is 6.08 Å². The first kappa shape index (κ1) is 30.7. The number of fused-ring (bicyclic) bond motifs is 1. The van der Waals surface area contributed by atoms with Gasteiger partial charge in [0, 0.05) is 11.3 Å². The van der Waals surface area contributed by atoms with Gasteiger partial charge in [0.2, 0.25) is 0 Å². The fourth-order valence-corrected chi connectivity index (χ4v) is 6.41. The van der Waals surface area contributed by atoms with E-state index >= 15 is 0 Å². The lowest BCUT2D eigenvalue weighted by molar-refractivity contribution is -0.239. The van der Waals surface area contributed by atoms with Crippen LogP contribution in [0.5, 0.6) is 0 Å². The number of hydrogen-bond acceptors (Lipinski definition) is 4. The minimum atomic E-state index is -0.902. The predicted molar refractivity (Wildman–Crippen MR) is 148 cm³/mol. The van der Waals surface area contributed by atoms with Crippen LogP contribution >= 0.6 is 0 Å². The van der Waals surface area contributed by atoms with Gasteiger partial charge in [-0.15, -0.1) is 0 Å². The molecule has 0 radical (unpaired) electrons. The van der Waals surface area contributed by atoms with Crippen LogP contribution in [0.4, 0.5) is 0 Å². The van der Waals surface area contributed by atoms with E-state index in [4.69, 9.17) is 4.74 Å². The highest BCUT2D eigenvalue weighted by Crippen LogP contribution is 2.57. The Balaban J connectivity index is 2.27. The van der Waals surface area contributed by atoms with Crippen LogP contribution in [0.3, 0.4) is 0 Å². The molecule has 2 fully saturated rings. The topological polar surface area (TPSA) is 69.9 Å². The summed E-state index contributed by atoms with van der Waals surface area (Å²) in [5.74, 6) is 11.7. The second-order valence-corrected chi connectivity index (χ2v) is 11.7. The molecule has 2 aliphatic carbocycles. The fourth-order valence-electron chi connectivity index (χ4n) is 6.41. The molecule has 2 aliphatic rings. The average molecular weight is 499 g/mol. The maximum absolute atomic E-state index is 11.6. The summed E-state index contributed by atoms with van der Waals surface area (Å²) in [7, 11) is 0. The Kier molecular flexibility index (Phi) is 12.3. The molecular formula is C32H50O4. The molecule has 0 spiro atoms. The van der Waals surface area contributed by atoms with Gasteiger partial charge in [-0.2, -0.15) is 0 Å². The molecule has 0 aromatic heterocycles. The number of unbranched alkanes of at least 4 members (excludes halogenated alkanes) is 5. The molecule has 0 saturated heterocycles. The van der Waals surface area contributed by atoms with E-state index in [1.54, 1.807) is 0 Å². The van der Waals surface area contributed by atoms with Crippen LogP contribution in [-0.2, 0) is 4.74 Å². The largest absolute Gasteiger partial charge is 0.393 e. The summed E-state index contributed by atoms with van der Waals surface area (Å²) in [6.07, 6.45) is 13.4. The molecule has 3 N–H and O–H groups in total. The summed E-state index contributed by atoms with van der Waals surface area (Å²) in [4.78, 5) is 0. The number of aliphatic hydroxyl groups excluding tert-OH is 3. The molecule has 0 amide bonds. The molecule has 4 nitrogen and oxygen atoms in total. The fraction of sp³-hybridized carbons (Fsp3) is 0.750. The van der Waals surface area contributed by atoms with E-state index in [-0.39, 0.29) is 11.8 Å². The number of ether oxygens (including phenoxy) is 1. The van der Waals surface area contributed by atoms with Crippen LogP contribution in [0.25, 0.3) is 0 Å². The Labute approximate surface area is 220 Å². The summed E-state index contributed by atoms with van der Waals surface area (Å²) in [6.45, 7) is 14.3. The van der Waals surface area contributed by atoms with Gasteiger partial charge in [0.25, 0.3) is 0 Å². The van der Waals surface area contributed by atoms with E-state index in [0.29, 0.717) is 18.8 Å². The van der Waals surface area contributed by atoms with Crippen molar-refractivity contribution in [3.63, 3.8) is 0 Å². The highest BCUT2D eigenvalue weighted by molar-refractivity contribution is 5.31. The molecular weight excluding hydrogens is 448 g/mol. The Morgan fingerprint density at radius 2 is 1.72 bits per heavy atom. The molecule has 0 heterocycles. The first-order valence-corrected chi connectivity index (χ1v) is 14.1. The van der Waals surface area contributed by atoms with Crippen LogP contribution in [-0.4, -0.2) is 45.3 Å². The maximum Gasteiger partial charge on any atom is 0.138 e. The van der Waals surface area contributed by atoms with Crippen molar-refractivity contribution < 1.29 is 20.1 Å². The smallest absolute Gasteiger partial charge is 0.138 e. The third-order valence-corrected chi connectivity index (χ3v) is 8.60. The third kappa shape index (κ3) is 7.97. The van der Waals surface area contributed by atoms with Crippen molar-refractivity contribution in [1.29, 1.82) is 0 Å². The minimum Gasteiger partial charge on any atom is -0.393 e. The summed E-state index contributed by atoms with van der Waals surface area (Å²) in [5.41, 5.74) is -1.02. The molecule has 8 atom stereocenters. The van der Waals surface area contributed by atoms with Crippen LogP contribution in [0.1, 0.15) is 98.8 Å². The number of allylic oxidation sites excluding steroid dienone is 1. The van der Waals surface area contributed by atoms with Gasteiger partial charge in [-0.3, -0.25) is 0 Å². The highest BCUT2D eigenvalue weighted by Gasteiger charge is 2.60. The van der Waals surface area contributed by atoms with Crippen LogP contribution in [0.2, 0.25) is 0 Å². The number of hydrogen-bond donors (Lipinski definition) is 3. The Bertz CT molecular complexity index is 840. The first-order chi connectivity index (χ1) is 17.1. The Morgan fingerprint density at radius 3 is 2.39 bits per heavy atom. The summed E-state index contributed by atoms with van der Waals surface area (Å²) < 4.78 is 6.76. The average Bonchev–Trinajstić information content (AvgIpc) is 2.83. The van der Waals surface area contributed by atoms with Crippen molar-refractivity contribution in [1.82, 2.24) is 0 Å². The Hall–Kier alpha value is -1.56. The quantitative estimate of drug-likeness (QED) is 0.191. The minimum absolute atomic E-state index is 0.185. The third-order valence-electron chi connectivity index (χ3n) is 8.60. The van der Waals surface area contributed by atoms with E-state index < -0.39 is 35.4 Å².